The van der Waals surface area contributed by atoms with E-state index in [9.17, 15) is 9.59 Å². The van der Waals surface area contributed by atoms with Gasteiger partial charge in [0.25, 0.3) is 5.91 Å². The molecule has 0 heterocycles. The zero-order valence-corrected chi connectivity index (χ0v) is 16.1. The van der Waals surface area contributed by atoms with Crippen LogP contribution in [0.4, 0.5) is 11.4 Å². The van der Waals surface area contributed by atoms with Gasteiger partial charge >= 0.3 is 5.97 Å². The molecule has 0 aliphatic heterocycles. The number of rotatable bonds is 7. The quantitative estimate of drug-likeness (QED) is 0.568. The van der Waals surface area contributed by atoms with Crippen molar-refractivity contribution >= 4 is 23.3 Å². The molecule has 0 bridgehead atoms. The molecule has 0 aromatic heterocycles. The summed E-state index contributed by atoms with van der Waals surface area (Å²) in [4.78, 5) is 24.3. The second-order valence-corrected chi connectivity index (χ2v) is 6.79. The third kappa shape index (κ3) is 5.74. The molecule has 2 rings (SSSR count). The van der Waals surface area contributed by atoms with Crippen molar-refractivity contribution < 1.29 is 19.1 Å². The maximum Gasteiger partial charge on any atom is 0.338 e. The molecule has 0 saturated heterocycles. The molecule has 0 fully saturated rings. The fourth-order valence-corrected chi connectivity index (χ4v) is 2.51. The molecular weight excluding hydrogens is 344 g/mol. The number of benzene rings is 2. The number of nitrogen functional groups attached to an aromatic ring is 1. The Labute approximate surface area is 159 Å². The Morgan fingerprint density at radius 2 is 1.78 bits per heavy atom. The number of ether oxygens (including phenoxy) is 2. The Kier molecular flexibility index (Phi) is 6.82. The van der Waals surface area contributed by atoms with Gasteiger partial charge in [0.15, 0.2) is 6.61 Å². The summed E-state index contributed by atoms with van der Waals surface area (Å²) in [5.74, 6) is -0.231. The highest BCUT2D eigenvalue weighted by molar-refractivity contribution is 5.93. The minimum absolute atomic E-state index is 0.223. The van der Waals surface area contributed by atoms with Gasteiger partial charge in [-0.3, -0.25) is 4.79 Å². The standard InChI is InChI=1S/C21H26N2O4/c1-13(2)16-7-5-6-8-18(16)23-20(24)12-26-19-11-15(9-10-17(19)22)21(25)27-14(3)4/h5-11,13-14H,12,22H2,1-4H3,(H,23,24). The van der Waals surface area contributed by atoms with Crippen molar-refractivity contribution in [2.24, 2.45) is 0 Å². The van der Waals surface area contributed by atoms with Gasteiger partial charge in [-0.2, -0.15) is 0 Å². The first kappa shape index (κ1) is 20.3. The van der Waals surface area contributed by atoms with Crippen molar-refractivity contribution in [3.63, 3.8) is 0 Å². The van der Waals surface area contributed by atoms with E-state index in [1.54, 1.807) is 26.0 Å². The number of hydrogen-bond acceptors (Lipinski definition) is 5. The van der Waals surface area contributed by atoms with Gasteiger partial charge in [-0.25, -0.2) is 4.79 Å². The minimum atomic E-state index is -0.467. The first-order chi connectivity index (χ1) is 12.8. The van der Waals surface area contributed by atoms with Gasteiger partial charge in [0.05, 0.1) is 17.4 Å². The van der Waals surface area contributed by atoms with Crippen molar-refractivity contribution in [2.45, 2.75) is 39.7 Å². The van der Waals surface area contributed by atoms with Crippen LogP contribution in [0.25, 0.3) is 0 Å². The van der Waals surface area contributed by atoms with Gasteiger partial charge in [0, 0.05) is 5.69 Å². The zero-order valence-electron chi connectivity index (χ0n) is 16.1. The molecule has 27 heavy (non-hydrogen) atoms. The van der Waals surface area contributed by atoms with Crippen LogP contribution >= 0.6 is 0 Å². The maximum absolute atomic E-state index is 12.3. The van der Waals surface area contributed by atoms with E-state index in [1.807, 2.05) is 24.3 Å². The van der Waals surface area contributed by atoms with Crippen LogP contribution < -0.4 is 15.8 Å². The topological polar surface area (TPSA) is 90.7 Å². The molecular formula is C21H26N2O4. The molecule has 144 valence electrons. The van der Waals surface area contributed by atoms with Crippen LogP contribution in [0, 0.1) is 0 Å². The van der Waals surface area contributed by atoms with Crippen LogP contribution in [-0.2, 0) is 9.53 Å². The smallest absolute Gasteiger partial charge is 0.338 e. The predicted octanol–water partition coefficient (Wildman–Crippen LogP) is 3.97. The summed E-state index contributed by atoms with van der Waals surface area (Å²) >= 11 is 0. The summed E-state index contributed by atoms with van der Waals surface area (Å²) < 4.78 is 10.7. The third-order valence-corrected chi connectivity index (χ3v) is 3.81. The van der Waals surface area contributed by atoms with Crippen LogP contribution in [-0.4, -0.2) is 24.6 Å². The highest BCUT2D eigenvalue weighted by Gasteiger charge is 2.14. The summed E-state index contributed by atoms with van der Waals surface area (Å²) in [7, 11) is 0. The van der Waals surface area contributed by atoms with Gasteiger partial charge in [-0.15, -0.1) is 0 Å². The van der Waals surface area contributed by atoms with Gasteiger partial charge < -0.3 is 20.5 Å². The second-order valence-electron chi connectivity index (χ2n) is 6.79. The second kappa shape index (κ2) is 9.07. The number of esters is 1. The van der Waals surface area contributed by atoms with E-state index in [-0.39, 0.29) is 30.3 Å². The van der Waals surface area contributed by atoms with Crippen molar-refractivity contribution in [3.05, 3.63) is 53.6 Å². The van der Waals surface area contributed by atoms with Gasteiger partial charge in [0.1, 0.15) is 5.75 Å². The van der Waals surface area contributed by atoms with E-state index in [0.29, 0.717) is 11.3 Å². The summed E-state index contributed by atoms with van der Waals surface area (Å²) in [6, 6.07) is 12.2. The normalized spacial score (nSPS) is 10.7. The molecule has 6 nitrogen and oxygen atoms in total. The molecule has 0 radical (unpaired) electrons. The molecule has 0 spiro atoms. The number of anilines is 2. The van der Waals surface area contributed by atoms with Crippen molar-refractivity contribution in [1.29, 1.82) is 0 Å². The van der Waals surface area contributed by atoms with Crippen LogP contribution in [0.1, 0.15) is 49.5 Å². The fraction of sp³-hybridized carbons (Fsp3) is 0.333. The number of hydrogen-bond donors (Lipinski definition) is 2. The lowest BCUT2D eigenvalue weighted by Gasteiger charge is -2.15. The van der Waals surface area contributed by atoms with E-state index in [2.05, 4.69) is 19.2 Å². The predicted molar refractivity (Wildman–Crippen MR) is 106 cm³/mol. The monoisotopic (exact) mass is 370 g/mol. The number of para-hydroxylation sites is 1. The van der Waals surface area contributed by atoms with Gasteiger partial charge in [0.2, 0.25) is 0 Å². The largest absolute Gasteiger partial charge is 0.482 e. The van der Waals surface area contributed by atoms with Crippen LogP contribution in [0.15, 0.2) is 42.5 Å². The molecule has 2 aromatic carbocycles. The van der Waals surface area contributed by atoms with E-state index < -0.39 is 5.97 Å². The molecule has 0 aliphatic rings. The Balaban J connectivity index is 2.04. The third-order valence-electron chi connectivity index (χ3n) is 3.81. The van der Waals surface area contributed by atoms with Crippen LogP contribution in [0.5, 0.6) is 5.75 Å². The average Bonchev–Trinajstić information content (AvgIpc) is 2.60. The molecule has 0 aliphatic carbocycles. The van der Waals surface area contributed by atoms with Gasteiger partial charge in [-0.05, 0) is 49.6 Å². The Bertz CT molecular complexity index is 816. The number of nitrogens with one attached hydrogen (secondary N) is 1. The van der Waals surface area contributed by atoms with Crippen molar-refractivity contribution in [1.82, 2.24) is 0 Å². The molecule has 0 saturated carbocycles. The lowest BCUT2D eigenvalue weighted by Crippen LogP contribution is -2.21. The molecule has 2 aromatic rings. The summed E-state index contributed by atoms with van der Waals surface area (Å²) in [6.07, 6.45) is -0.230. The minimum Gasteiger partial charge on any atom is -0.482 e. The number of nitrogens with two attached hydrogens (primary N) is 1. The van der Waals surface area contributed by atoms with Crippen molar-refractivity contribution in [2.75, 3.05) is 17.7 Å². The fourth-order valence-electron chi connectivity index (χ4n) is 2.51. The molecule has 3 N–H and O–H groups in total. The molecule has 0 atom stereocenters. The van der Waals surface area contributed by atoms with Crippen LogP contribution in [0.2, 0.25) is 0 Å². The van der Waals surface area contributed by atoms with E-state index >= 15 is 0 Å². The van der Waals surface area contributed by atoms with E-state index in [1.165, 1.54) is 6.07 Å². The molecule has 1 amide bonds. The molecule has 6 heteroatoms. The highest BCUT2D eigenvalue weighted by atomic mass is 16.5. The van der Waals surface area contributed by atoms with E-state index in [0.717, 1.165) is 11.3 Å². The summed E-state index contributed by atoms with van der Waals surface area (Å²) in [5, 5.41) is 2.85. The Morgan fingerprint density at radius 3 is 2.44 bits per heavy atom. The molecule has 0 unspecified atom stereocenters. The first-order valence-electron chi connectivity index (χ1n) is 8.90. The SMILES string of the molecule is CC(C)OC(=O)c1ccc(N)c(OCC(=O)Nc2ccccc2C(C)C)c1. The van der Waals surface area contributed by atoms with Crippen molar-refractivity contribution in [3.8, 4) is 5.75 Å². The Morgan fingerprint density at radius 1 is 1.07 bits per heavy atom. The first-order valence-corrected chi connectivity index (χ1v) is 8.90. The number of carbonyl (C=O) groups is 2. The highest BCUT2D eigenvalue weighted by Crippen LogP contribution is 2.25. The lowest BCUT2D eigenvalue weighted by atomic mass is 10.0. The summed E-state index contributed by atoms with van der Waals surface area (Å²) in [5.41, 5.74) is 8.34. The lowest BCUT2D eigenvalue weighted by molar-refractivity contribution is -0.118. The number of amides is 1. The Hall–Kier alpha value is -3.02. The number of carbonyl (C=O) groups excluding carboxylic acids is 2. The van der Waals surface area contributed by atoms with E-state index in [4.69, 9.17) is 15.2 Å². The van der Waals surface area contributed by atoms with Crippen LogP contribution in [0.3, 0.4) is 0 Å². The summed E-state index contributed by atoms with van der Waals surface area (Å²) in [6.45, 7) is 7.44. The maximum atomic E-state index is 12.3. The average molecular weight is 370 g/mol. The zero-order chi connectivity index (χ0) is 20.0. The van der Waals surface area contributed by atoms with Gasteiger partial charge in [-0.1, -0.05) is 32.0 Å².